The van der Waals surface area contributed by atoms with Crippen LogP contribution in [0.15, 0.2) is 53.2 Å². The number of benzene rings is 1. The van der Waals surface area contributed by atoms with Gasteiger partial charge in [0.05, 0.1) is 11.2 Å². The molecule has 1 heterocycles. The highest BCUT2D eigenvalue weighted by molar-refractivity contribution is 7.80. The van der Waals surface area contributed by atoms with Gasteiger partial charge in [0, 0.05) is 18.2 Å². The van der Waals surface area contributed by atoms with Crippen molar-refractivity contribution in [3.8, 4) is 5.75 Å². The highest BCUT2D eigenvalue weighted by Gasteiger charge is 2.07. The lowest BCUT2D eigenvalue weighted by Gasteiger charge is -2.10. The first-order chi connectivity index (χ1) is 12.9. The number of hydrogen-bond donors (Lipinski definition) is 3. The Morgan fingerprint density at radius 1 is 1.22 bits per heavy atom. The lowest BCUT2D eigenvalue weighted by Crippen LogP contribution is -2.49. The standard InChI is InChI=1S/C16H14N4O6S/c21-14(8-7-12-2-1-9-25-12)17-16(27)19-18-15(22)10-26-13-5-3-11(4-6-13)20(23)24/h1-9H,10H2,(H,18,22)(H2,17,19,21,27)/b8-7+. The molecule has 1 aromatic carbocycles. The predicted octanol–water partition coefficient (Wildman–Crippen LogP) is 1.30. The number of non-ortho nitro benzene ring substituents is 1. The molecule has 2 amide bonds. The monoisotopic (exact) mass is 390 g/mol. The molecule has 0 unspecified atom stereocenters. The van der Waals surface area contributed by atoms with Crippen molar-refractivity contribution < 1.29 is 23.7 Å². The van der Waals surface area contributed by atoms with Crippen LogP contribution >= 0.6 is 12.2 Å². The molecule has 0 fully saturated rings. The maximum Gasteiger partial charge on any atom is 0.276 e. The van der Waals surface area contributed by atoms with E-state index < -0.39 is 16.7 Å². The van der Waals surface area contributed by atoms with E-state index in [1.807, 2.05) is 0 Å². The second-order valence-corrected chi connectivity index (χ2v) is 5.29. The number of hydrogen-bond acceptors (Lipinski definition) is 7. The molecule has 0 aliphatic carbocycles. The van der Waals surface area contributed by atoms with Crippen LogP contribution in [0.5, 0.6) is 5.75 Å². The summed E-state index contributed by atoms with van der Waals surface area (Å²) in [4.78, 5) is 33.3. The molecule has 0 saturated carbocycles. The Bertz CT molecular complexity index is 848. The molecular formula is C16H14N4O6S. The maximum absolute atomic E-state index is 11.7. The van der Waals surface area contributed by atoms with E-state index in [-0.39, 0.29) is 23.2 Å². The minimum absolute atomic E-state index is 0.0874. The summed E-state index contributed by atoms with van der Waals surface area (Å²) < 4.78 is 10.2. The Balaban J connectivity index is 1.67. The molecule has 0 bridgehead atoms. The molecule has 0 aliphatic rings. The van der Waals surface area contributed by atoms with Crippen molar-refractivity contribution in [2.45, 2.75) is 0 Å². The fraction of sp³-hybridized carbons (Fsp3) is 0.0625. The molecule has 140 valence electrons. The van der Waals surface area contributed by atoms with Crippen molar-refractivity contribution >= 4 is 40.9 Å². The summed E-state index contributed by atoms with van der Waals surface area (Å²) in [6.07, 6.45) is 4.14. The van der Waals surface area contributed by atoms with E-state index in [1.165, 1.54) is 42.7 Å². The quantitative estimate of drug-likeness (QED) is 0.291. The lowest BCUT2D eigenvalue weighted by molar-refractivity contribution is -0.384. The number of nitro benzene ring substituents is 1. The van der Waals surface area contributed by atoms with Gasteiger partial charge in [-0.15, -0.1) is 0 Å². The first kappa shape index (κ1) is 19.6. The van der Waals surface area contributed by atoms with Crippen molar-refractivity contribution in [2.75, 3.05) is 6.61 Å². The molecular weight excluding hydrogens is 376 g/mol. The smallest absolute Gasteiger partial charge is 0.276 e. The van der Waals surface area contributed by atoms with Crippen LogP contribution in [0.1, 0.15) is 5.76 Å². The summed E-state index contributed by atoms with van der Waals surface area (Å²) in [5.41, 5.74) is 4.49. The number of hydrazine groups is 1. The van der Waals surface area contributed by atoms with E-state index in [1.54, 1.807) is 12.1 Å². The number of ether oxygens (including phenoxy) is 1. The molecule has 0 aliphatic heterocycles. The van der Waals surface area contributed by atoms with Crippen LogP contribution < -0.4 is 20.9 Å². The third-order valence-electron chi connectivity index (χ3n) is 2.91. The van der Waals surface area contributed by atoms with Gasteiger partial charge in [0.25, 0.3) is 11.6 Å². The fourth-order valence-corrected chi connectivity index (χ4v) is 1.86. The van der Waals surface area contributed by atoms with Crippen molar-refractivity contribution in [3.63, 3.8) is 0 Å². The van der Waals surface area contributed by atoms with Crippen LogP contribution in [-0.4, -0.2) is 28.5 Å². The van der Waals surface area contributed by atoms with Crippen LogP contribution in [0, 0.1) is 10.1 Å². The van der Waals surface area contributed by atoms with Crippen molar-refractivity contribution in [3.05, 3.63) is 64.6 Å². The molecule has 10 nitrogen and oxygen atoms in total. The Morgan fingerprint density at radius 3 is 2.59 bits per heavy atom. The zero-order chi connectivity index (χ0) is 19.6. The van der Waals surface area contributed by atoms with Gasteiger partial charge in [-0.05, 0) is 42.6 Å². The Kier molecular flexibility index (Phi) is 7.02. The zero-order valence-electron chi connectivity index (χ0n) is 13.7. The van der Waals surface area contributed by atoms with Crippen LogP contribution in [0.2, 0.25) is 0 Å². The minimum Gasteiger partial charge on any atom is -0.484 e. The molecule has 11 heteroatoms. The number of carbonyl (C=O) groups is 2. The molecule has 2 aromatic rings. The van der Waals surface area contributed by atoms with Crippen molar-refractivity contribution in [1.82, 2.24) is 16.2 Å². The highest BCUT2D eigenvalue weighted by Crippen LogP contribution is 2.16. The third-order valence-corrected chi connectivity index (χ3v) is 3.12. The van der Waals surface area contributed by atoms with Gasteiger partial charge in [0.1, 0.15) is 11.5 Å². The van der Waals surface area contributed by atoms with Gasteiger partial charge in [-0.2, -0.15) is 0 Å². The average molecular weight is 390 g/mol. The van der Waals surface area contributed by atoms with Gasteiger partial charge in [-0.25, -0.2) is 0 Å². The van der Waals surface area contributed by atoms with Gasteiger partial charge in [-0.1, -0.05) is 0 Å². The van der Waals surface area contributed by atoms with Gasteiger partial charge in [0.2, 0.25) is 5.91 Å². The summed E-state index contributed by atoms with van der Waals surface area (Å²) in [6, 6.07) is 8.60. The second kappa shape index (κ2) is 9.68. The van der Waals surface area contributed by atoms with Gasteiger partial charge >= 0.3 is 0 Å². The molecule has 0 atom stereocenters. The van der Waals surface area contributed by atoms with Crippen LogP contribution in [0.25, 0.3) is 6.08 Å². The normalized spacial score (nSPS) is 10.2. The summed E-state index contributed by atoms with van der Waals surface area (Å²) in [5.74, 6) is -0.299. The molecule has 2 rings (SSSR count). The zero-order valence-corrected chi connectivity index (χ0v) is 14.5. The summed E-state index contributed by atoms with van der Waals surface area (Å²) in [6.45, 7) is -0.361. The van der Waals surface area contributed by atoms with Gasteiger partial charge in [-0.3, -0.25) is 35.9 Å². The number of amides is 2. The molecule has 0 spiro atoms. The fourth-order valence-electron chi connectivity index (χ4n) is 1.70. The lowest BCUT2D eigenvalue weighted by atomic mass is 10.3. The number of carbonyl (C=O) groups excluding carboxylic acids is 2. The number of nitrogens with one attached hydrogen (secondary N) is 3. The van der Waals surface area contributed by atoms with E-state index >= 15 is 0 Å². The summed E-state index contributed by atoms with van der Waals surface area (Å²) in [5, 5.41) is 12.7. The number of furan rings is 1. The molecule has 0 radical (unpaired) electrons. The summed E-state index contributed by atoms with van der Waals surface area (Å²) >= 11 is 4.86. The number of thiocarbonyl (C=S) groups is 1. The first-order valence-corrected chi connectivity index (χ1v) is 7.83. The van der Waals surface area contributed by atoms with Gasteiger partial charge < -0.3 is 9.15 Å². The Morgan fingerprint density at radius 2 is 1.96 bits per heavy atom. The predicted molar refractivity (Wildman–Crippen MR) is 98.4 cm³/mol. The van der Waals surface area contributed by atoms with Crippen LogP contribution in [-0.2, 0) is 9.59 Å². The highest BCUT2D eigenvalue weighted by atomic mass is 32.1. The van der Waals surface area contributed by atoms with Crippen molar-refractivity contribution in [1.29, 1.82) is 0 Å². The SMILES string of the molecule is O=C(/C=C/c1ccco1)NC(=S)NNC(=O)COc1ccc([N+](=O)[O-])cc1. The van der Waals surface area contributed by atoms with E-state index in [9.17, 15) is 19.7 Å². The second-order valence-electron chi connectivity index (χ2n) is 4.88. The molecule has 1 aromatic heterocycles. The van der Waals surface area contributed by atoms with E-state index in [0.717, 1.165) is 0 Å². The minimum atomic E-state index is -0.573. The third kappa shape index (κ3) is 6.96. The molecule has 3 N–H and O–H groups in total. The Hall–Kier alpha value is -3.73. The Labute approximate surface area is 158 Å². The number of nitrogens with zero attached hydrogens (tertiary/aromatic N) is 1. The number of nitro groups is 1. The summed E-state index contributed by atoms with van der Waals surface area (Å²) in [7, 11) is 0. The van der Waals surface area contributed by atoms with E-state index in [0.29, 0.717) is 5.76 Å². The largest absolute Gasteiger partial charge is 0.484 e. The van der Waals surface area contributed by atoms with E-state index in [4.69, 9.17) is 21.4 Å². The molecule has 0 saturated heterocycles. The number of rotatable bonds is 6. The first-order valence-electron chi connectivity index (χ1n) is 7.42. The van der Waals surface area contributed by atoms with Crippen molar-refractivity contribution in [2.24, 2.45) is 0 Å². The molecule has 27 heavy (non-hydrogen) atoms. The average Bonchev–Trinajstić information content (AvgIpc) is 3.17. The van der Waals surface area contributed by atoms with Gasteiger partial charge in [0.15, 0.2) is 11.7 Å². The van der Waals surface area contributed by atoms with E-state index in [2.05, 4.69) is 16.2 Å². The maximum atomic E-state index is 11.7. The van der Waals surface area contributed by atoms with Crippen LogP contribution in [0.3, 0.4) is 0 Å². The topological polar surface area (TPSA) is 136 Å². The van der Waals surface area contributed by atoms with Crippen LogP contribution in [0.4, 0.5) is 5.69 Å².